The van der Waals surface area contributed by atoms with Gasteiger partial charge in [0.25, 0.3) is 0 Å². The van der Waals surface area contributed by atoms with Crippen LogP contribution in [0.25, 0.3) is 11.1 Å². The van der Waals surface area contributed by atoms with Crippen molar-refractivity contribution in [3.05, 3.63) is 88.5 Å². The smallest absolute Gasteiger partial charge is 0.448 e. The highest BCUT2D eigenvalue weighted by atomic mass is 32.3. The second-order valence-electron chi connectivity index (χ2n) is 11.8. The van der Waals surface area contributed by atoms with Gasteiger partial charge in [0.05, 0.1) is 0 Å². The van der Waals surface area contributed by atoms with E-state index in [1.165, 1.54) is 22.3 Å². The van der Waals surface area contributed by atoms with Gasteiger partial charge in [-0.3, -0.25) is 4.90 Å². The predicted molar refractivity (Wildman–Crippen MR) is 164 cm³/mol. The molecule has 10 heteroatoms. The Morgan fingerprint density at radius 3 is 2.14 bits per heavy atom. The van der Waals surface area contributed by atoms with Gasteiger partial charge < -0.3 is 13.8 Å². The summed E-state index contributed by atoms with van der Waals surface area (Å²) in [5, 5.41) is 0. The van der Waals surface area contributed by atoms with Crippen LogP contribution < -0.4 is 4.18 Å². The molecule has 0 unspecified atom stereocenters. The van der Waals surface area contributed by atoms with Crippen molar-refractivity contribution in [3.8, 4) is 28.3 Å². The Hall–Kier alpha value is -3.65. The fraction of sp³-hybridized carbons (Fsp3) is 0.344. The van der Waals surface area contributed by atoms with Gasteiger partial charge in [-0.1, -0.05) is 78.0 Å². The molecule has 0 radical (unpaired) electrons. The van der Waals surface area contributed by atoms with E-state index in [4.69, 9.17) is 4.74 Å². The van der Waals surface area contributed by atoms with Crippen molar-refractivity contribution in [2.75, 3.05) is 32.8 Å². The summed E-state index contributed by atoms with van der Waals surface area (Å²) in [4.78, 5) is 16.9. The lowest BCUT2D eigenvalue weighted by Gasteiger charge is -2.34. The summed E-state index contributed by atoms with van der Waals surface area (Å²) in [7, 11) is -6.89. The Balaban J connectivity index is 1.22. The Labute approximate surface area is 248 Å². The molecule has 1 aliphatic carbocycles. The number of hydrogen-bond donors (Lipinski definition) is 0. The minimum absolute atomic E-state index is 0.00645. The average molecular weight is 607 g/mol. The van der Waals surface area contributed by atoms with Crippen molar-refractivity contribution in [1.29, 1.82) is 0 Å². The molecule has 5 rings (SSSR count). The summed E-state index contributed by atoms with van der Waals surface area (Å²) >= 11 is 0. The van der Waals surface area contributed by atoms with Crippen molar-refractivity contribution < 1.29 is 26.0 Å². The minimum atomic E-state index is -5.18. The van der Waals surface area contributed by atoms with Gasteiger partial charge in [0.2, 0.25) is 0 Å². The van der Waals surface area contributed by atoms with E-state index in [0.717, 1.165) is 5.56 Å². The number of ether oxygens (including phenoxy) is 1. The SMILES string of the molecule is Cc1c(C#C[Si](C)(C)C)cc(CN2CCN(C(=O)OCC3c4ccccc4-c4ccccc43)CC2)cc1OS(=O)(=O)F. The average Bonchev–Trinajstić information content (AvgIpc) is 3.25. The predicted octanol–water partition coefficient (Wildman–Crippen LogP) is 5.88. The summed E-state index contributed by atoms with van der Waals surface area (Å²) in [6.45, 7) is 10.9. The third-order valence-corrected chi connectivity index (χ3v) is 8.81. The number of halogens is 1. The zero-order valence-electron chi connectivity index (χ0n) is 24.3. The zero-order valence-corrected chi connectivity index (χ0v) is 26.1. The summed E-state index contributed by atoms with van der Waals surface area (Å²) in [5.74, 6) is 3.10. The molecule has 1 amide bonds. The van der Waals surface area contributed by atoms with E-state index in [1.807, 2.05) is 30.3 Å². The molecule has 3 aromatic carbocycles. The first-order valence-electron chi connectivity index (χ1n) is 14.0. The third kappa shape index (κ3) is 7.03. The molecule has 0 bridgehead atoms. The number of piperazine rings is 1. The van der Waals surface area contributed by atoms with Crippen LogP contribution in [0.2, 0.25) is 19.6 Å². The van der Waals surface area contributed by atoms with Gasteiger partial charge in [0.1, 0.15) is 20.4 Å². The molecular weight excluding hydrogens is 572 g/mol. The van der Waals surface area contributed by atoms with E-state index in [0.29, 0.717) is 43.9 Å². The van der Waals surface area contributed by atoms with Crippen LogP contribution in [-0.4, -0.2) is 65.2 Å². The lowest BCUT2D eigenvalue weighted by Crippen LogP contribution is -2.48. The molecule has 1 saturated heterocycles. The molecule has 0 N–H and O–H groups in total. The zero-order chi connectivity index (χ0) is 30.1. The first-order valence-corrected chi connectivity index (χ1v) is 18.8. The largest absolute Gasteiger partial charge is 0.488 e. The molecular formula is C32H35FN2O5SSi. The van der Waals surface area contributed by atoms with Gasteiger partial charge in [-0.15, -0.1) is 5.54 Å². The highest BCUT2D eigenvalue weighted by molar-refractivity contribution is 7.81. The lowest BCUT2D eigenvalue weighted by molar-refractivity contribution is 0.0728. The quantitative estimate of drug-likeness (QED) is 0.198. The van der Waals surface area contributed by atoms with Crippen LogP contribution in [0, 0.1) is 18.4 Å². The Morgan fingerprint density at radius 2 is 1.57 bits per heavy atom. The summed E-state index contributed by atoms with van der Waals surface area (Å²) in [5.41, 5.74) is 9.85. The van der Waals surface area contributed by atoms with Crippen LogP contribution >= 0.6 is 0 Å². The van der Waals surface area contributed by atoms with Crippen LogP contribution in [-0.2, 0) is 21.8 Å². The van der Waals surface area contributed by atoms with E-state index < -0.39 is 18.6 Å². The molecule has 7 nitrogen and oxygen atoms in total. The molecule has 3 aromatic rings. The molecule has 2 aliphatic rings. The van der Waals surface area contributed by atoms with E-state index in [1.54, 1.807) is 17.9 Å². The van der Waals surface area contributed by atoms with Crippen molar-refractivity contribution in [2.45, 2.75) is 39.0 Å². The van der Waals surface area contributed by atoms with Crippen LogP contribution in [0.15, 0.2) is 60.7 Å². The Kier molecular flexibility index (Phi) is 8.46. The van der Waals surface area contributed by atoms with Gasteiger partial charge in [0.15, 0.2) is 0 Å². The molecule has 1 heterocycles. The van der Waals surface area contributed by atoms with E-state index in [-0.39, 0.29) is 24.4 Å². The van der Waals surface area contributed by atoms with E-state index in [2.05, 4.69) is 64.5 Å². The number of rotatable bonds is 6. The first kappa shape index (κ1) is 29.8. The highest BCUT2D eigenvalue weighted by Crippen LogP contribution is 2.44. The number of nitrogens with zero attached hydrogens (tertiary/aromatic N) is 2. The fourth-order valence-corrected chi connectivity index (χ4v) is 6.34. The maximum absolute atomic E-state index is 13.4. The van der Waals surface area contributed by atoms with Crippen molar-refractivity contribution in [2.24, 2.45) is 0 Å². The molecule has 0 atom stereocenters. The Bertz CT molecular complexity index is 1620. The van der Waals surface area contributed by atoms with Crippen LogP contribution in [0.1, 0.15) is 33.7 Å². The van der Waals surface area contributed by atoms with Crippen molar-refractivity contribution >= 4 is 24.7 Å². The highest BCUT2D eigenvalue weighted by Gasteiger charge is 2.30. The monoisotopic (exact) mass is 606 g/mol. The van der Waals surface area contributed by atoms with Crippen LogP contribution in [0.3, 0.4) is 0 Å². The van der Waals surface area contributed by atoms with E-state index >= 15 is 0 Å². The minimum Gasteiger partial charge on any atom is -0.448 e. The molecule has 42 heavy (non-hydrogen) atoms. The second kappa shape index (κ2) is 11.9. The lowest BCUT2D eigenvalue weighted by atomic mass is 9.98. The second-order valence-corrected chi connectivity index (χ2v) is 17.5. The number of carbonyl (C=O) groups is 1. The molecule has 1 aliphatic heterocycles. The van der Waals surface area contributed by atoms with Gasteiger partial charge in [-0.2, -0.15) is 8.42 Å². The molecule has 220 valence electrons. The van der Waals surface area contributed by atoms with Gasteiger partial charge in [-0.05, 0) is 46.9 Å². The number of carbonyl (C=O) groups excluding carboxylic acids is 1. The Morgan fingerprint density at radius 1 is 0.976 bits per heavy atom. The molecule has 0 aromatic heterocycles. The van der Waals surface area contributed by atoms with Gasteiger partial charge in [-0.25, -0.2) is 4.79 Å². The summed E-state index contributed by atoms with van der Waals surface area (Å²) in [6, 6.07) is 19.9. The maximum atomic E-state index is 13.4. The summed E-state index contributed by atoms with van der Waals surface area (Å²) < 4.78 is 46.4. The van der Waals surface area contributed by atoms with Gasteiger partial charge in [0, 0.05) is 49.8 Å². The van der Waals surface area contributed by atoms with Gasteiger partial charge >= 0.3 is 16.6 Å². The molecule has 0 saturated carbocycles. The number of amides is 1. The molecule has 1 fully saturated rings. The standard InChI is InChI=1S/C32H35FN2O5SSi/c1-23-25(13-18-42(2,3)4)19-24(20-31(23)40-41(33,37)38)21-34-14-16-35(17-15-34)32(36)39-22-30-28-11-7-5-9-26(28)27-10-6-8-12-29(27)30/h5-12,19-20,30H,14-17,21-22H2,1-4H3. The number of benzene rings is 3. The van der Waals surface area contributed by atoms with E-state index in [9.17, 15) is 17.1 Å². The third-order valence-electron chi connectivity index (χ3n) is 7.55. The normalized spacial score (nSPS) is 15.4. The van der Waals surface area contributed by atoms with Crippen molar-refractivity contribution in [3.63, 3.8) is 0 Å². The van der Waals surface area contributed by atoms with Crippen LogP contribution in [0.5, 0.6) is 5.75 Å². The number of fused-ring (bicyclic) bond motifs is 3. The van der Waals surface area contributed by atoms with Crippen molar-refractivity contribution in [1.82, 2.24) is 9.80 Å². The molecule has 0 spiro atoms. The topological polar surface area (TPSA) is 76.2 Å². The maximum Gasteiger partial charge on any atom is 0.488 e. The summed E-state index contributed by atoms with van der Waals surface area (Å²) in [6.07, 6.45) is -0.334. The fourth-order valence-electron chi connectivity index (χ4n) is 5.45. The first-order chi connectivity index (χ1) is 19.9. The number of hydrogen-bond acceptors (Lipinski definition) is 6. The van der Waals surface area contributed by atoms with Crippen LogP contribution in [0.4, 0.5) is 8.68 Å².